The molecule has 2 rings (SSSR count). The minimum Gasteiger partial charge on any atom is -0.493 e. The van der Waals surface area contributed by atoms with Crippen LogP contribution in [0, 0.1) is 20.8 Å². The second-order valence-corrected chi connectivity index (χ2v) is 5.70. The molecule has 0 saturated heterocycles. The zero-order chi connectivity index (χ0) is 18.6. The number of hydrogen-bond acceptors (Lipinski definition) is 4. The highest BCUT2D eigenvalue weighted by Crippen LogP contribution is 2.38. The topological polar surface area (TPSA) is 65.0 Å². The molecule has 0 amide bonds. The highest BCUT2D eigenvalue weighted by Gasteiger charge is 2.18. The summed E-state index contributed by atoms with van der Waals surface area (Å²) in [6.07, 6.45) is 1.51. The third-order valence-corrected chi connectivity index (χ3v) is 3.97. The second kappa shape index (κ2) is 7.75. The predicted molar refractivity (Wildman–Crippen MR) is 96.4 cm³/mol. The Morgan fingerprint density at radius 2 is 1.52 bits per heavy atom. The van der Waals surface area contributed by atoms with Crippen molar-refractivity contribution in [3.63, 3.8) is 0 Å². The van der Waals surface area contributed by atoms with Crippen LogP contribution in [-0.2, 0) is 4.79 Å². The Morgan fingerprint density at radius 3 is 2.04 bits per heavy atom. The summed E-state index contributed by atoms with van der Waals surface area (Å²) in [7, 11) is 2.97. The molecule has 5 nitrogen and oxygen atoms in total. The van der Waals surface area contributed by atoms with Crippen molar-refractivity contribution in [2.75, 3.05) is 14.2 Å². The maximum Gasteiger partial charge on any atom is 0.371 e. The zero-order valence-corrected chi connectivity index (χ0v) is 15.0. The number of carboxylic acid groups (broad SMARTS) is 1. The average Bonchev–Trinajstić information content (AvgIpc) is 2.58. The van der Waals surface area contributed by atoms with E-state index < -0.39 is 5.97 Å². The average molecular weight is 342 g/mol. The molecule has 5 heteroatoms. The maximum atomic E-state index is 11.7. The summed E-state index contributed by atoms with van der Waals surface area (Å²) in [6.45, 7) is 5.93. The van der Waals surface area contributed by atoms with Gasteiger partial charge < -0.3 is 19.3 Å². The van der Waals surface area contributed by atoms with Crippen molar-refractivity contribution in [2.24, 2.45) is 0 Å². The first kappa shape index (κ1) is 18.4. The lowest BCUT2D eigenvalue weighted by Crippen LogP contribution is -2.09. The van der Waals surface area contributed by atoms with E-state index in [0.717, 1.165) is 22.3 Å². The van der Waals surface area contributed by atoms with Crippen molar-refractivity contribution in [3.8, 4) is 17.2 Å². The first-order valence-electron chi connectivity index (χ1n) is 7.79. The first-order valence-corrected chi connectivity index (χ1v) is 7.79. The first-order chi connectivity index (χ1) is 11.9. The lowest BCUT2D eigenvalue weighted by Gasteiger charge is -2.14. The van der Waals surface area contributed by atoms with Crippen molar-refractivity contribution in [3.05, 3.63) is 58.3 Å². The van der Waals surface area contributed by atoms with Gasteiger partial charge in [-0.2, -0.15) is 0 Å². The molecule has 0 aliphatic rings. The van der Waals surface area contributed by atoms with Gasteiger partial charge in [0.15, 0.2) is 11.5 Å². The van der Waals surface area contributed by atoms with Gasteiger partial charge in [0.05, 0.1) is 14.2 Å². The number of benzene rings is 2. The Hall–Kier alpha value is -2.95. The van der Waals surface area contributed by atoms with E-state index in [1.165, 1.54) is 20.3 Å². The second-order valence-electron chi connectivity index (χ2n) is 5.70. The molecule has 2 aromatic rings. The summed E-state index contributed by atoms with van der Waals surface area (Å²) in [6, 6.07) is 9.06. The summed E-state index contributed by atoms with van der Waals surface area (Å²) in [5, 5.41) is 9.56. The molecule has 0 heterocycles. The van der Waals surface area contributed by atoms with Crippen LogP contribution in [0.5, 0.6) is 17.2 Å². The van der Waals surface area contributed by atoms with Gasteiger partial charge in [-0.25, -0.2) is 4.79 Å². The molecule has 0 aromatic heterocycles. The molecule has 2 aromatic carbocycles. The molecule has 132 valence electrons. The Kier molecular flexibility index (Phi) is 5.70. The molecule has 1 N–H and O–H groups in total. The summed E-state index contributed by atoms with van der Waals surface area (Å²) in [4.78, 5) is 11.7. The van der Waals surface area contributed by atoms with Crippen LogP contribution in [0.15, 0.2) is 36.1 Å². The quantitative estimate of drug-likeness (QED) is 0.631. The highest BCUT2D eigenvalue weighted by molar-refractivity contribution is 5.91. The van der Waals surface area contributed by atoms with E-state index in [-0.39, 0.29) is 11.5 Å². The van der Waals surface area contributed by atoms with Crippen molar-refractivity contribution in [1.82, 2.24) is 0 Å². The number of ether oxygens (including phenoxy) is 3. The number of methoxy groups -OCH3 is 2. The van der Waals surface area contributed by atoms with Crippen LogP contribution in [0.1, 0.15) is 22.3 Å². The van der Waals surface area contributed by atoms with Crippen LogP contribution in [0.4, 0.5) is 0 Å². The van der Waals surface area contributed by atoms with Crippen molar-refractivity contribution in [2.45, 2.75) is 20.8 Å². The number of aliphatic carboxylic acids is 1. The SMILES string of the molecule is COc1cccc(OC)c1OC(=Cc1cc(C)c(C)cc1C)C(=O)O. The van der Waals surface area contributed by atoms with Gasteiger partial charge in [0, 0.05) is 0 Å². The van der Waals surface area contributed by atoms with Crippen molar-refractivity contribution < 1.29 is 24.1 Å². The number of hydrogen-bond donors (Lipinski definition) is 1. The molecule has 0 unspecified atom stereocenters. The summed E-state index contributed by atoms with van der Waals surface area (Å²) >= 11 is 0. The third-order valence-electron chi connectivity index (χ3n) is 3.97. The summed E-state index contributed by atoms with van der Waals surface area (Å²) in [5.41, 5.74) is 3.99. The molecule has 25 heavy (non-hydrogen) atoms. The Morgan fingerprint density at radius 1 is 0.960 bits per heavy atom. The molecule has 0 aliphatic carbocycles. The third kappa shape index (κ3) is 4.12. The Labute approximate surface area is 147 Å². The molecule has 0 bridgehead atoms. The lowest BCUT2D eigenvalue weighted by molar-refractivity contribution is -0.134. The number of rotatable bonds is 6. The van der Waals surface area contributed by atoms with Crippen molar-refractivity contribution in [1.29, 1.82) is 0 Å². The normalized spacial score (nSPS) is 11.2. The summed E-state index contributed by atoms with van der Waals surface area (Å²) in [5.74, 6) is -0.381. The molecular weight excluding hydrogens is 320 g/mol. The van der Waals surface area contributed by atoms with E-state index in [1.807, 2.05) is 32.9 Å². The minimum atomic E-state index is -1.18. The summed E-state index contributed by atoms with van der Waals surface area (Å²) < 4.78 is 16.2. The Balaban J connectivity index is 2.51. The molecule has 0 atom stereocenters. The molecule has 0 aliphatic heterocycles. The molecule has 0 spiro atoms. The van der Waals surface area contributed by atoms with Gasteiger partial charge in [0.2, 0.25) is 11.5 Å². The van der Waals surface area contributed by atoms with E-state index in [9.17, 15) is 9.90 Å². The monoisotopic (exact) mass is 342 g/mol. The van der Waals surface area contributed by atoms with Crippen LogP contribution in [0.25, 0.3) is 6.08 Å². The fourth-order valence-corrected chi connectivity index (χ4v) is 2.44. The van der Waals surface area contributed by atoms with E-state index >= 15 is 0 Å². The number of carboxylic acids is 1. The molecule has 0 saturated carbocycles. The zero-order valence-electron chi connectivity index (χ0n) is 15.0. The standard InChI is InChI=1S/C20H22O5/c1-12-9-14(3)15(10-13(12)2)11-18(20(21)22)25-19-16(23-4)7-6-8-17(19)24-5/h6-11H,1-5H3,(H,21,22). The van der Waals surface area contributed by atoms with Crippen LogP contribution in [-0.4, -0.2) is 25.3 Å². The number of aryl methyl sites for hydroxylation is 3. The van der Waals surface area contributed by atoms with Gasteiger partial charge in [0.1, 0.15) is 0 Å². The molecular formula is C20H22O5. The van der Waals surface area contributed by atoms with Gasteiger partial charge in [-0.15, -0.1) is 0 Å². The molecule has 0 fully saturated rings. The van der Waals surface area contributed by atoms with E-state index in [1.54, 1.807) is 18.2 Å². The van der Waals surface area contributed by atoms with Crippen LogP contribution in [0.2, 0.25) is 0 Å². The lowest BCUT2D eigenvalue weighted by atomic mass is 10.0. The van der Waals surface area contributed by atoms with E-state index in [2.05, 4.69) is 0 Å². The van der Waals surface area contributed by atoms with E-state index in [0.29, 0.717) is 11.5 Å². The van der Waals surface area contributed by atoms with Gasteiger partial charge in [-0.3, -0.25) is 0 Å². The van der Waals surface area contributed by atoms with Crippen molar-refractivity contribution >= 4 is 12.0 Å². The highest BCUT2D eigenvalue weighted by atomic mass is 16.5. The van der Waals surface area contributed by atoms with Crippen LogP contribution < -0.4 is 14.2 Å². The maximum absolute atomic E-state index is 11.7. The van der Waals surface area contributed by atoms with Gasteiger partial charge >= 0.3 is 5.97 Å². The van der Waals surface area contributed by atoms with E-state index in [4.69, 9.17) is 14.2 Å². The van der Waals surface area contributed by atoms with Crippen LogP contribution in [0.3, 0.4) is 0 Å². The van der Waals surface area contributed by atoms with Gasteiger partial charge in [0.25, 0.3) is 0 Å². The van der Waals surface area contributed by atoms with Gasteiger partial charge in [-0.1, -0.05) is 18.2 Å². The van der Waals surface area contributed by atoms with Crippen LogP contribution >= 0.6 is 0 Å². The number of carbonyl (C=O) groups is 1. The smallest absolute Gasteiger partial charge is 0.371 e. The number of para-hydroxylation sites is 1. The largest absolute Gasteiger partial charge is 0.493 e. The minimum absolute atomic E-state index is 0.214. The van der Waals surface area contributed by atoms with Gasteiger partial charge in [-0.05, 0) is 61.2 Å². The fraction of sp³-hybridized carbons (Fsp3) is 0.250. The molecule has 0 radical (unpaired) electrons. The predicted octanol–water partition coefficient (Wildman–Crippen LogP) is 4.13. The Bertz CT molecular complexity index is 799. The fourth-order valence-electron chi connectivity index (χ4n) is 2.44.